The number of hydrogen-bond donors (Lipinski definition) is 2. The molecular formula is C11H11N7. The Hall–Kier alpha value is -2.54. The second-order valence-electron chi connectivity index (χ2n) is 3.75. The minimum Gasteiger partial charge on any atom is -0.368 e. The Labute approximate surface area is 103 Å². The Morgan fingerprint density at radius 3 is 2.56 bits per heavy atom. The number of imidazole rings is 1. The van der Waals surface area contributed by atoms with Gasteiger partial charge in [0.1, 0.15) is 0 Å². The van der Waals surface area contributed by atoms with E-state index in [-0.39, 0.29) is 5.95 Å². The first kappa shape index (κ1) is 10.6. The third-order valence-electron chi connectivity index (χ3n) is 2.66. The predicted molar refractivity (Wildman–Crippen MR) is 66.3 cm³/mol. The van der Waals surface area contributed by atoms with E-state index in [1.807, 2.05) is 10.6 Å². The Morgan fingerprint density at radius 2 is 1.83 bits per heavy atom. The quantitative estimate of drug-likeness (QED) is 0.664. The van der Waals surface area contributed by atoms with Gasteiger partial charge in [0.2, 0.25) is 5.95 Å². The number of nitrogens with two attached hydrogens (primary N) is 2. The van der Waals surface area contributed by atoms with Crippen molar-refractivity contribution < 1.29 is 0 Å². The molecule has 0 radical (unpaired) electrons. The molecule has 0 saturated carbocycles. The smallest absolute Gasteiger partial charge is 0.219 e. The number of hydrogen-bond acceptors (Lipinski definition) is 6. The Balaban J connectivity index is 2.21. The lowest BCUT2D eigenvalue weighted by atomic mass is 10.2. The van der Waals surface area contributed by atoms with Crippen LogP contribution in [0.4, 0.5) is 5.95 Å². The molecule has 7 heteroatoms. The average Bonchev–Trinajstić information content (AvgIpc) is 2.83. The molecule has 0 aliphatic heterocycles. The van der Waals surface area contributed by atoms with E-state index in [1.165, 1.54) is 0 Å². The Morgan fingerprint density at radius 1 is 1.06 bits per heavy atom. The van der Waals surface area contributed by atoms with Gasteiger partial charge in [-0.3, -0.25) is 9.38 Å². The maximum Gasteiger partial charge on any atom is 0.219 e. The summed E-state index contributed by atoms with van der Waals surface area (Å²) in [5.41, 5.74) is 14.3. The molecule has 0 spiro atoms. The second-order valence-corrected chi connectivity index (χ2v) is 3.75. The van der Waals surface area contributed by atoms with Crippen molar-refractivity contribution in [1.82, 2.24) is 24.3 Å². The van der Waals surface area contributed by atoms with Gasteiger partial charge < -0.3 is 11.5 Å². The number of nitrogen functional groups attached to an aromatic ring is 1. The summed E-state index contributed by atoms with van der Waals surface area (Å²) in [4.78, 5) is 16.4. The molecule has 3 heterocycles. The van der Waals surface area contributed by atoms with Crippen LogP contribution in [0.3, 0.4) is 0 Å². The second kappa shape index (κ2) is 4.04. The fourth-order valence-corrected chi connectivity index (χ4v) is 1.80. The molecule has 7 nitrogen and oxygen atoms in total. The molecule has 18 heavy (non-hydrogen) atoms. The van der Waals surface area contributed by atoms with Crippen LogP contribution in [0.25, 0.3) is 16.9 Å². The summed E-state index contributed by atoms with van der Waals surface area (Å²) < 4.78 is 1.91. The summed E-state index contributed by atoms with van der Waals surface area (Å²) in [6.45, 7) is 0.346. The first-order valence-electron chi connectivity index (χ1n) is 5.38. The van der Waals surface area contributed by atoms with E-state index in [9.17, 15) is 0 Å². The molecule has 0 bridgehead atoms. The van der Waals surface area contributed by atoms with Crippen LogP contribution in [0.5, 0.6) is 0 Å². The first-order valence-corrected chi connectivity index (χ1v) is 5.38. The van der Waals surface area contributed by atoms with Crippen LogP contribution in [-0.4, -0.2) is 24.3 Å². The zero-order valence-electron chi connectivity index (χ0n) is 9.48. The van der Waals surface area contributed by atoms with Crippen molar-refractivity contribution in [2.75, 3.05) is 5.73 Å². The highest BCUT2D eigenvalue weighted by Crippen LogP contribution is 2.20. The Bertz CT molecular complexity index is 686. The standard InChI is InChI=1S/C11H11N7/c12-3-8-10-15-6-9(18(10)2-1-14-8)7-4-16-11(13)17-5-7/h1-2,4-6H,3,12H2,(H2,13,16,17). The van der Waals surface area contributed by atoms with Crippen LogP contribution >= 0.6 is 0 Å². The third-order valence-corrected chi connectivity index (χ3v) is 2.66. The summed E-state index contributed by atoms with van der Waals surface area (Å²) in [6, 6.07) is 0. The van der Waals surface area contributed by atoms with Crippen LogP contribution in [0.15, 0.2) is 31.0 Å². The van der Waals surface area contributed by atoms with Crippen LogP contribution in [0.1, 0.15) is 5.69 Å². The molecule has 4 N–H and O–H groups in total. The van der Waals surface area contributed by atoms with Crippen molar-refractivity contribution >= 4 is 11.6 Å². The zero-order chi connectivity index (χ0) is 12.5. The number of rotatable bonds is 2. The number of nitrogens with zero attached hydrogens (tertiary/aromatic N) is 5. The van der Waals surface area contributed by atoms with Gasteiger partial charge in [0.05, 0.1) is 17.6 Å². The van der Waals surface area contributed by atoms with Crippen molar-refractivity contribution in [3.8, 4) is 11.3 Å². The van der Waals surface area contributed by atoms with Gasteiger partial charge in [-0.1, -0.05) is 0 Å². The Kier molecular flexibility index (Phi) is 2.38. The molecule has 3 aromatic heterocycles. The van der Waals surface area contributed by atoms with E-state index in [1.54, 1.807) is 24.8 Å². The summed E-state index contributed by atoms with van der Waals surface area (Å²) in [5.74, 6) is 0.247. The lowest BCUT2D eigenvalue weighted by Crippen LogP contribution is -2.03. The average molecular weight is 241 g/mol. The van der Waals surface area contributed by atoms with Crippen LogP contribution < -0.4 is 11.5 Å². The van der Waals surface area contributed by atoms with Crippen molar-refractivity contribution in [2.45, 2.75) is 6.54 Å². The first-order chi connectivity index (χ1) is 8.79. The molecule has 0 aliphatic rings. The summed E-state index contributed by atoms with van der Waals surface area (Å²) in [6.07, 6.45) is 8.58. The van der Waals surface area contributed by atoms with E-state index >= 15 is 0 Å². The molecule has 0 aromatic carbocycles. The SMILES string of the molecule is NCc1nccn2c(-c3cnc(N)nc3)cnc12. The highest BCUT2D eigenvalue weighted by Gasteiger charge is 2.09. The summed E-state index contributed by atoms with van der Waals surface area (Å²) >= 11 is 0. The van der Waals surface area contributed by atoms with E-state index in [4.69, 9.17) is 11.5 Å². The molecule has 0 fully saturated rings. The highest BCUT2D eigenvalue weighted by molar-refractivity contribution is 5.63. The van der Waals surface area contributed by atoms with Gasteiger partial charge in [-0.05, 0) is 0 Å². The topological polar surface area (TPSA) is 108 Å². The van der Waals surface area contributed by atoms with Crippen molar-refractivity contribution in [3.63, 3.8) is 0 Å². The van der Waals surface area contributed by atoms with Crippen molar-refractivity contribution in [2.24, 2.45) is 5.73 Å². The molecule has 0 atom stereocenters. The van der Waals surface area contributed by atoms with Gasteiger partial charge in [0.25, 0.3) is 0 Å². The summed E-state index contributed by atoms with van der Waals surface area (Å²) in [5, 5.41) is 0. The van der Waals surface area contributed by atoms with Crippen molar-refractivity contribution in [1.29, 1.82) is 0 Å². The fraction of sp³-hybridized carbons (Fsp3) is 0.0909. The van der Waals surface area contributed by atoms with Crippen LogP contribution in [-0.2, 0) is 6.54 Å². The lowest BCUT2D eigenvalue weighted by Gasteiger charge is -2.03. The number of aromatic nitrogens is 5. The minimum absolute atomic E-state index is 0.247. The summed E-state index contributed by atoms with van der Waals surface area (Å²) in [7, 11) is 0. The van der Waals surface area contributed by atoms with Crippen LogP contribution in [0.2, 0.25) is 0 Å². The van der Waals surface area contributed by atoms with Gasteiger partial charge in [0.15, 0.2) is 5.65 Å². The molecule has 3 rings (SSSR count). The molecule has 0 amide bonds. The van der Waals surface area contributed by atoms with E-state index < -0.39 is 0 Å². The lowest BCUT2D eigenvalue weighted by molar-refractivity contribution is 0.963. The maximum atomic E-state index is 5.63. The molecule has 90 valence electrons. The van der Waals surface area contributed by atoms with Gasteiger partial charge in [-0.15, -0.1) is 0 Å². The van der Waals surface area contributed by atoms with Gasteiger partial charge in [0, 0.05) is 36.9 Å². The number of anilines is 1. The van der Waals surface area contributed by atoms with Gasteiger partial charge >= 0.3 is 0 Å². The fourth-order valence-electron chi connectivity index (χ4n) is 1.80. The van der Waals surface area contributed by atoms with Gasteiger partial charge in [-0.25, -0.2) is 15.0 Å². The van der Waals surface area contributed by atoms with Gasteiger partial charge in [-0.2, -0.15) is 0 Å². The maximum absolute atomic E-state index is 5.63. The molecular weight excluding hydrogens is 230 g/mol. The van der Waals surface area contributed by atoms with Crippen LogP contribution in [0, 0.1) is 0 Å². The zero-order valence-corrected chi connectivity index (χ0v) is 9.48. The molecule has 0 aliphatic carbocycles. The minimum atomic E-state index is 0.247. The third kappa shape index (κ3) is 1.57. The van der Waals surface area contributed by atoms with E-state index in [0.717, 1.165) is 22.6 Å². The number of fused-ring (bicyclic) bond motifs is 1. The van der Waals surface area contributed by atoms with E-state index in [2.05, 4.69) is 19.9 Å². The van der Waals surface area contributed by atoms with E-state index in [0.29, 0.717) is 6.54 Å². The highest BCUT2D eigenvalue weighted by atomic mass is 15.0. The molecule has 0 unspecified atom stereocenters. The monoisotopic (exact) mass is 241 g/mol. The molecule has 3 aromatic rings. The predicted octanol–water partition coefficient (Wildman–Crippen LogP) is 0.227. The largest absolute Gasteiger partial charge is 0.368 e. The van der Waals surface area contributed by atoms with Crippen molar-refractivity contribution in [3.05, 3.63) is 36.7 Å². The normalized spacial score (nSPS) is 10.9. The molecule has 0 saturated heterocycles.